The van der Waals surface area contributed by atoms with Crippen molar-refractivity contribution >= 4 is 17.3 Å². The molecule has 5 nitrogen and oxygen atoms in total. The van der Waals surface area contributed by atoms with Crippen LogP contribution in [0.25, 0.3) is 0 Å². The van der Waals surface area contributed by atoms with Crippen molar-refractivity contribution < 1.29 is 4.79 Å². The van der Waals surface area contributed by atoms with E-state index in [0.717, 1.165) is 12.1 Å². The van der Waals surface area contributed by atoms with Gasteiger partial charge in [0.15, 0.2) is 0 Å². The number of hydrogen-bond donors (Lipinski definition) is 3. The zero-order valence-electron chi connectivity index (χ0n) is 9.36. The summed E-state index contributed by atoms with van der Waals surface area (Å²) in [5, 5.41) is 14.9. The minimum Gasteiger partial charge on any atom is -0.396 e. The molecule has 0 aliphatic carbocycles. The molecule has 0 bridgehead atoms. The second kappa shape index (κ2) is 4.74. The third kappa shape index (κ3) is 2.48. The van der Waals surface area contributed by atoms with Gasteiger partial charge in [0.25, 0.3) is 0 Å². The lowest BCUT2D eigenvalue weighted by atomic mass is 10.1. The van der Waals surface area contributed by atoms with Crippen molar-refractivity contribution in [2.24, 2.45) is 0 Å². The average Bonchev–Trinajstić information content (AvgIpc) is 2.35. The third-order valence-corrected chi connectivity index (χ3v) is 2.85. The number of carbonyl (C=O) groups is 1. The van der Waals surface area contributed by atoms with Gasteiger partial charge in [0.05, 0.1) is 16.9 Å². The number of nitrogens with zero attached hydrogens (tertiary/aromatic N) is 1. The molecule has 1 aliphatic rings. The van der Waals surface area contributed by atoms with E-state index in [1.807, 2.05) is 12.1 Å². The molecule has 0 aromatic heterocycles. The van der Waals surface area contributed by atoms with Crippen LogP contribution in [0.1, 0.15) is 18.4 Å². The Kier molecular flexibility index (Phi) is 3.15. The van der Waals surface area contributed by atoms with E-state index in [-0.39, 0.29) is 11.9 Å². The van der Waals surface area contributed by atoms with Gasteiger partial charge in [0.1, 0.15) is 6.07 Å². The van der Waals surface area contributed by atoms with Crippen LogP contribution in [0.4, 0.5) is 11.4 Å². The number of hydrogen-bond acceptors (Lipinski definition) is 4. The fraction of sp³-hybridized carbons (Fsp3) is 0.333. The Morgan fingerprint density at radius 1 is 1.53 bits per heavy atom. The van der Waals surface area contributed by atoms with Crippen LogP contribution in [0.2, 0.25) is 0 Å². The zero-order valence-corrected chi connectivity index (χ0v) is 9.36. The lowest BCUT2D eigenvalue weighted by molar-refractivity contribution is -0.122. The lowest BCUT2D eigenvalue weighted by Crippen LogP contribution is -2.42. The van der Waals surface area contributed by atoms with Crippen LogP contribution in [-0.4, -0.2) is 18.5 Å². The van der Waals surface area contributed by atoms with Gasteiger partial charge in [0, 0.05) is 19.0 Å². The van der Waals surface area contributed by atoms with Crippen molar-refractivity contribution in [3.05, 3.63) is 23.8 Å². The Balaban J connectivity index is 2.09. The lowest BCUT2D eigenvalue weighted by Gasteiger charge is -2.25. The van der Waals surface area contributed by atoms with Crippen molar-refractivity contribution in [2.45, 2.75) is 18.9 Å². The summed E-state index contributed by atoms with van der Waals surface area (Å²) in [5.41, 5.74) is 7.55. The number of nitrogen functional groups attached to an aromatic ring is 1. The minimum absolute atomic E-state index is 0.0850. The van der Waals surface area contributed by atoms with Gasteiger partial charge >= 0.3 is 0 Å². The largest absolute Gasteiger partial charge is 0.396 e. The van der Waals surface area contributed by atoms with Crippen LogP contribution in [0.15, 0.2) is 18.2 Å². The van der Waals surface area contributed by atoms with E-state index < -0.39 is 0 Å². The van der Waals surface area contributed by atoms with Crippen molar-refractivity contribution in [3.8, 4) is 6.07 Å². The highest BCUT2D eigenvalue weighted by molar-refractivity contribution is 5.77. The summed E-state index contributed by atoms with van der Waals surface area (Å²) in [7, 11) is 0. The zero-order chi connectivity index (χ0) is 12.3. The normalized spacial score (nSPS) is 19.2. The van der Waals surface area contributed by atoms with Crippen LogP contribution in [0.3, 0.4) is 0 Å². The van der Waals surface area contributed by atoms with Crippen molar-refractivity contribution in [3.63, 3.8) is 0 Å². The highest BCUT2D eigenvalue weighted by Crippen LogP contribution is 2.23. The van der Waals surface area contributed by atoms with Crippen LogP contribution in [-0.2, 0) is 4.79 Å². The average molecular weight is 230 g/mol. The minimum atomic E-state index is 0.0850. The van der Waals surface area contributed by atoms with E-state index in [0.29, 0.717) is 24.2 Å². The molecule has 88 valence electrons. The molecule has 1 heterocycles. The molecule has 17 heavy (non-hydrogen) atoms. The monoisotopic (exact) mass is 230 g/mol. The number of rotatable bonds is 2. The summed E-state index contributed by atoms with van der Waals surface area (Å²) in [6, 6.07) is 7.53. The van der Waals surface area contributed by atoms with E-state index in [2.05, 4.69) is 10.6 Å². The molecule has 0 spiro atoms. The third-order valence-electron chi connectivity index (χ3n) is 2.85. The van der Waals surface area contributed by atoms with Gasteiger partial charge in [-0.05, 0) is 18.6 Å². The van der Waals surface area contributed by atoms with Gasteiger partial charge in [-0.1, -0.05) is 6.07 Å². The van der Waals surface area contributed by atoms with E-state index in [1.165, 1.54) is 0 Å². The highest BCUT2D eigenvalue weighted by atomic mass is 16.1. The summed E-state index contributed by atoms with van der Waals surface area (Å²) in [6.45, 7) is 0.592. The SMILES string of the molecule is N#Cc1cccc(NC2CCC(=O)NC2)c1N. The van der Waals surface area contributed by atoms with Gasteiger partial charge < -0.3 is 16.4 Å². The van der Waals surface area contributed by atoms with Gasteiger partial charge in [-0.2, -0.15) is 5.26 Å². The first-order chi connectivity index (χ1) is 8.20. The molecule has 5 heteroatoms. The molecule has 1 aromatic rings. The first kappa shape index (κ1) is 11.3. The van der Waals surface area contributed by atoms with Crippen LogP contribution in [0.5, 0.6) is 0 Å². The Labute approximate surface area is 99.6 Å². The summed E-state index contributed by atoms with van der Waals surface area (Å²) >= 11 is 0. The molecule has 0 radical (unpaired) electrons. The number of nitriles is 1. The highest BCUT2D eigenvalue weighted by Gasteiger charge is 2.18. The second-order valence-electron chi connectivity index (χ2n) is 4.06. The second-order valence-corrected chi connectivity index (χ2v) is 4.06. The van der Waals surface area contributed by atoms with E-state index >= 15 is 0 Å². The van der Waals surface area contributed by atoms with E-state index in [4.69, 9.17) is 11.0 Å². The maximum Gasteiger partial charge on any atom is 0.220 e. The first-order valence-corrected chi connectivity index (χ1v) is 5.52. The molecule has 0 saturated carbocycles. The molecule has 1 saturated heterocycles. The quantitative estimate of drug-likeness (QED) is 0.656. The van der Waals surface area contributed by atoms with E-state index in [1.54, 1.807) is 12.1 Å². The molecule has 1 aromatic carbocycles. The Bertz CT molecular complexity index is 468. The number of benzene rings is 1. The molecule has 1 fully saturated rings. The predicted octanol–water partition coefficient (Wildman–Crippen LogP) is 0.831. The predicted molar refractivity (Wildman–Crippen MR) is 65.2 cm³/mol. The standard InChI is InChI=1S/C12H14N4O/c13-6-8-2-1-3-10(12(8)14)16-9-4-5-11(17)15-7-9/h1-3,9,16H,4-5,7,14H2,(H,15,17). The number of nitrogens with two attached hydrogens (primary N) is 1. The first-order valence-electron chi connectivity index (χ1n) is 5.52. The molecule has 1 unspecified atom stereocenters. The fourth-order valence-corrected chi connectivity index (χ4v) is 1.86. The number of carbonyl (C=O) groups excluding carboxylic acids is 1. The molecule has 4 N–H and O–H groups in total. The van der Waals surface area contributed by atoms with Crippen LogP contribution >= 0.6 is 0 Å². The van der Waals surface area contributed by atoms with Crippen molar-refractivity contribution in [2.75, 3.05) is 17.6 Å². The maximum atomic E-state index is 11.0. The van der Waals surface area contributed by atoms with Crippen molar-refractivity contribution in [1.29, 1.82) is 5.26 Å². The summed E-state index contributed by atoms with van der Waals surface area (Å²) < 4.78 is 0. The van der Waals surface area contributed by atoms with E-state index in [9.17, 15) is 4.79 Å². The summed E-state index contributed by atoms with van der Waals surface area (Å²) in [4.78, 5) is 11.0. The maximum absolute atomic E-state index is 11.0. The van der Waals surface area contributed by atoms with Gasteiger partial charge in [-0.25, -0.2) is 0 Å². The molecular weight excluding hydrogens is 216 g/mol. The number of nitrogens with one attached hydrogen (secondary N) is 2. The smallest absolute Gasteiger partial charge is 0.220 e. The number of anilines is 2. The number of amides is 1. The van der Waals surface area contributed by atoms with Gasteiger partial charge in [-0.3, -0.25) is 4.79 Å². The molecule has 1 aliphatic heterocycles. The topological polar surface area (TPSA) is 90.9 Å². The summed E-state index contributed by atoms with van der Waals surface area (Å²) in [5.74, 6) is 0.0850. The Morgan fingerprint density at radius 2 is 2.35 bits per heavy atom. The summed E-state index contributed by atoms with van der Waals surface area (Å²) in [6.07, 6.45) is 1.30. The Morgan fingerprint density at radius 3 is 3.00 bits per heavy atom. The van der Waals surface area contributed by atoms with Gasteiger partial charge in [0.2, 0.25) is 5.91 Å². The fourth-order valence-electron chi connectivity index (χ4n) is 1.86. The molecule has 2 rings (SSSR count). The number of para-hydroxylation sites is 1. The van der Waals surface area contributed by atoms with Crippen molar-refractivity contribution in [1.82, 2.24) is 5.32 Å². The van der Waals surface area contributed by atoms with Crippen LogP contribution < -0.4 is 16.4 Å². The molecular formula is C12H14N4O. The number of piperidine rings is 1. The molecule has 1 amide bonds. The van der Waals surface area contributed by atoms with Gasteiger partial charge in [-0.15, -0.1) is 0 Å². The van der Waals surface area contributed by atoms with Crippen LogP contribution in [0, 0.1) is 11.3 Å². The Hall–Kier alpha value is -2.22. The molecule has 1 atom stereocenters.